The van der Waals surface area contributed by atoms with Gasteiger partial charge in [0.1, 0.15) is 0 Å². The zero-order valence-corrected chi connectivity index (χ0v) is 5.06. The van der Waals surface area contributed by atoms with Gasteiger partial charge in [0.25, 0.3) is 0 Å². The molecule has 58 valence electrons. The van der Waals surface area contributed by atoms with Crippen molar-refractivity contribution >= 4 is 0 Å². The maximum atomic E-state index is 12.0. The maximum absolute atomic E-state index is 12.0. The van der Waals surface area contributed by atoms with Gasteiger partial charge in [-0.25, -0.2) is 0 Å². The van der Waals surface area contributed by atoms with Crippen LogP contribution in [0.25, 0.3) is 0 Å². The predicted molar refractivity (Wildman–Crippen MR) is 28.3 cm³/mol. The van der Waals surface area contributed by atoms with Crippen LogP contribution in [0, 0.1) is 20.2 Å². The monoisotopic (exact) mass is 152 g/mol. The fraction of sp³-hybridized carbons (Fsp3) is 1.00. The number of hydrogen-bond acceptors (Lipinski definition) is 4. The van der Waals surface area contributed by atoms with E-state index >= 15 is 0 Å². The van der Waals surface area contributed by atoms with Crippen molar-refractivity contribution in [2.45, 2.75) is 19.3 Å². The van der Waals surface area contributed by atoms with Crippen molar-refractivity contribution in [1.29, 1.82) is 0 Å². The Morgan fingerprint density at radius 3 is 1.80 bits per heavy atom. The average Bonchev–Trinajstić information content (AvgIpc) is 1.84. The highest BCUT2D eigenvalue weighted by Gasteiger charge is 2.36. The lowest BCUT2D eigenvalue weighted by atomic mass is 10.3. The number of hydrogen-bond donors (Lipinski definition) is 0. The third kappa shape index (κ3) is 1.92. The van der Waals surface area contributed by atoms with E-state index < -0.39 is 22.2 Å². The number of nitrogens with zero attached hydrogens (tertiary/aromatic N) is 2. The summed E-state index contributed by atoms with van der Waals surface area (Å²) in [6, 6.07) is -1.78. The second-order valence-corrected chi connectivity index (χ2v) is 1.68. The van der Waals surface area contributed by atoms with Gasteiger partial charge in [-0.05, 0) is 0 Å². The van der Waals surface area contributed by atoms with Gasteiger partial charge in [0, 0.05) is 11.8 Å². The second kappa shape index (κ2) is 3.04. The third-order valence-corrected chi connectivity index (χ3v) is 0.932. The first-order valence-electron chi connectivity index (χ1n) is 2.38. The van der Waals surface area contributed by atoms with Gasteiger partial charge < -0.3 is 0 Å². The molecule has 0 saturated carbocycles. The minimum atomic E-state index is -2.62. The summed E-state index contributed by atoms with van der Waals surface area (Å²) in [6.45, 7) is 0.841. The Balaban J connectivity index is 4.07. The van der Waals surface area contributed by atoms with Gasteiger partial charge in [-0.3, -0.25) is 20.2 Å². The van der Waals surface area contributed by atoms with Crippen LogP contribution in [0.2, 0.25) is 0 Å². The molecule has 2 unspecified atom stereocenters. The van der Waals surface area contributed by atoms with Crippen molar-refractivity contribution in [1.82, 2.24) is 0 Å². The third-order valence-electron chi connectivity index (χ3n) is 0.932. The first kappa shape index (κ1) is 8.73. The van der Waals surface area contributed by atoms with E-state index in [2.05, 4.69) is 0 Å². The molecule has 2 atom stereocenters. The summed E-state index contributed by atoms with van der Waals surface area (Å²) in [5, 5.41) is 19.3. The molecule has 7 heteroatoms. The van der Waals surface area contributed by atoms with E-state index in [4.69, 9.17) is 0 Å². The van der Waals surface area contributed by atoms with E-state index in [9.17, 15) is 24.6 Å². The van der Waals surface area contributed by atoms with Crippen LogP contribution in [0.3, 0.4) is 0 Å². The number of nitro groups is 2. The van der Waals surface area contributed by atoms with Crippen molar-refractivity contribution in [2.75, 3.05) is 0 Å². The lowest BCUT2D eigenvalue weighted by Gasteiger charge is -2.00. The smallest absolute Gasteiger partial charge is 0.264 e. The highest BCUT2D eigenvalue weighted by molar-refractivity contribution is 4.49. The molecular formula is C3H5FN2O4. The Labute approximate surface area is 54.9 Å². The Bertz CT molecular complexity index is 143. The normalized spacial score (nSPS) is 15.8. The second-order valence-electron chi connectivity index (χ2n) is 1.68. The Hall–Kier alpha value is -1.27. The van der Waals surface area contributed by atoms with E-state index in [1.165, 1.54) is 0 Å². The van der Waals surface area contributed by atoms with Crippen molar-refractivity contribution in [3.8, 4) is 0 Å². The summed E-state index contributed by atoms with van der Waals surface area (Å²) in [5.41, 5.74) is 0. The lowest BCUT2D eigenvalue weighted by Crippen LogP contribution is -2.33. The molecule has 0 spiro atoms. The van der Waals surface area contributed by atoms with E-state index in [0.717, 1.165) is 6.92 Å². The average molecular weight is 152 g/mol. The van der Waals surface area contributed by atoms with E-state index in [1.807, 2.05) is 0 Å². The molecule has 0 aromatic rings. The topological polar surface area (TPSA) is 86.3 Å². The zero-order valence-electron chi connectivity index (χ0n) is 5.06. The molecule has 0 radical (unpaired) electrons. The van der Waals surface area contributed by atoms with Gasteiger partial charge in [-0.1, -0.05) is 0 Å². The molecule has 0 bridgehead atoms. The molecule has 0 aromatic carbocycles. The predicted octanol–water partition coefficient (Wildman–Crippen LogP) is 0.224. The van der Waals surface area contributed by atoms with Crippen LogP contribution in [0.15, 0.2) is 0 Å². The molecule has 0 aliphatic heterocycles. The molecule has 0 N–H and O–H groups in total. The zero-order chi connectivity index (χ0) is 8.31. The van der Waals surface area contributed by atoms with Crippen molar-refractivity contribution < 1.29 is 14.2 Å². The van der Waals surface area contributed by atoms with Crippen molar-refractivity contribution in [3.05, 3.63) is 20.2 Å². The molecule has 0 rings (SSSR count). The van der Waals surface area contributed by atoms with Crippen LogP contribution < -0.4 is 0 Å². The Kier molecular flexibility index (Phi) is 2.65. The highest BCUT2D eigenvalue weighted by Crippen LogP contribution is 2.01. The molecule has 6 nitrogen and oxygen atoms in total. The molecule has 0 aliphatic carbocycles. The van der Waals surface area contributed by atoms with E-state index in [-0.39, 0.29) is 0 Å². The summed E-state index contributed by atoms with van der Waals surface area (Å²) < 4.78 is 12.0. The van der Waals surface area contributed by atoms with Crippen LogP contribution in [-0.2, 0) is 0 Å². The van der Waals surface area contributed by atoms with Gasteiger partial charge >= 0.3 is 12.3 Å². The summed E-state index contributed by atoms with van der Waals surface area (Å²) in [6.07, 6.45) is -2.62. The summed E-state index contributed by atoms with van der Waals surface area (Å²) in [7, 11) is 0. The van der Waals surface area contributed by atoms with Gasteiger partial charge in [0.2, 0.25) is 0 Å². The van der Waals surface area contributed by atoms with Crippen molar-refractivity contribution in [2.24, 2.45) is 0 Å². The maximum Gasteiger partial charge on any atom is 0.414 e. The summed E-state index contributed by atoms with van der Waals surface area (Å²) in [4.78, 5) is 16.9. The Morgan fingerprint density at radius 2 is 1.70 bits per heavy atom. The molecule has 0 saturated heterocycles. The van der Waals surface area contributed by atoms with Crippen LogP contribution in [0.4, 0.5) is 4.39 Å². The van der Waals surface area contributed by atoms with Gasteiger partial charge in [-0.2, -0.15) is 4.39 Å². The molecule has 10 heavy (non-hydrogen) atoms. The molecular weight excluding hydrogens is 147 g/mol. The Morgan fingerprint density at radius 1 is 1.30 bits per heavy atom. The summed E-state index contributed by atoms with van der Waals surface area (Å²) in [5.74, 6) is 0. The van der Waals surface area contributed by atoms with Crippen LogP contribution in [-0.4, -0.2) is 22.2 Å². The first-order valence-corrected chi connectivity index (χ1v) is 2.38. The van der Waals surface area contributed by atoms with Crippen LogP contribution in [0.1, 0.15) is 6.92 Å². The van der Waals surface area contributed by atoms with Crippen LogP contribution in [0.5, 0.6) is 0 Å². The molecule has 0 aliphatic rings. The minimum absolute atomic E-state index is 0.841. The largest absolute Gasteiger partial charge is 0.414 e. The molecule has 0 aromatic heterocycles. The lowest BCUT2D eigenvalue weighted by molar-refractivity contribution is -0.636. The van der Waals surface area contributed by atoms with Gasteiger partial charge in [0.15, 0.2) is 0 Å². The van der Waals surface area contributed by atoms with E-state index in [1.54, 1.807) is 0 Å². The first-order chi connectivity index (χ1) is 4.46. The van der Waals surface area contributed by atoms with Gasteiger partial charge in [0.05, 0.1) is 4.92 Å². The summed E-state index contributed by atoms with van der Waals surface area (Å²) >= 11 is 0. The molecule has 0 heterocycles. The quantitative estimate of drug-likeness (QED) is 0.329. The van der Waals surface area contributed by atoms with Gasteiger partial charge in [-0.15, -0.1) is 0 Å². The van der Waals surface area contributed by atoms with Crippen molar-refractivity contribution in [3.63, 3.8) is 0 Å². The standard InChI is InChI=1S/C3H5FN2O4/c1-2(5(7)8)3(4)6(9)10/h2-3H,1H3. The highest BCUT2D eigenvalue weighted by atomic mass is 19.1. The number of halogens is 1. The fourth-order valence-corrected chi connectivity index (χ4v) is 0.277. The molecule has 0 amide bonds. The minimum Gasteiger partial charge on any atom is -0.264 e. The van der Waals surface area contributed by atoms with Crippen LogP contribution >= 0.6 is 0 Å². The fourth-order valence-electron chi connectivity index (χ4n) is 0.277. The SMILES string of the molecule is CC(C(F)[N+](=O)[O-])[N+](=O)[O-]. The van der Waals surface area contributed by atoms with E-state index in [0.29, 0.717) is 0 Å². The number of alkyl halides is 1. The number of rotatable bonds is 3. The molecule has 0 fully saturated rings.